The average Bonchev–Trinajstić information content (AvgIpc) is 3.34. The van der Waals surface area contributed by atoms with E-state index in [1.54, 1.807) is 7.05 Å². The fourth-order valence-corrected chi connectivity index (χ4v) is 5.72. The van der Waals surface area contributed by atoms with Crippen LogP contribution in [0, 0.1) is 17.1 Å². The van der Waals surface area contributed by atoms with Crippen molar-refractivity contribution >= 4 is 16.6 Å². The molecule has 7 nitrogen and oxygen atoms in total. The Bertz CT molecular complexity index is 1660. The molecule has 1 saturated heterocycles. The molecule has 4 aromatic rings. The van der Waals surface area contributed by atoms with Crippen molar-refractivity contribution in [3.05, 3.63) is 65.0 Å². The van der Waals surface area contributed by atoms with Gasteiger partial charge in [-0.3, -0.25) is 5.10 Å². The first-order chi connectivity index (χ1) is 19.2. The number of H-pyrrole nitrogens is 1. The number of fused-ring (bicyclic) bond motifs is 4. The van der Waals surface area contributed by atoms with E-state index in [0.29, 0.717) is 34.5 Å². The van der Waals surface area contributed by atoms with E-state index in [1.165, 1.54) is 12.1 Å². The lowest BCUT2D eigenvalue weighted by Crippen LogP contribution is -2.56. The maximum Gasteiger partial charge on any atom is 0.417 e. The molecule has 40 heavy (non-hydrogen) atoms. The van der Waals surface area contributed by atoms with Crippen molar-refractivity contribution in [2.45, 2.75) is 18.8 Å². The van der Waals surface area contributed by atoms with E-state index in [4.69, 9.17) is 4.74 Å². The quantitative estimate of drug-likeness (QED) is 0.342. The molecule has 206 valence electrons. The Labute approximate surface area is 228 Å². The third-order valence-corrected chi connectivity index (χ3v) is 7.59. The van der Waals surface area contributed by atoms with E-state index in [0.717, 1.165) is 37.5 Å². The fourth-order valence-electron chi connectivity index (χ4n) is 5.72. The highest BCUT2D eigenvalue weighted by Crippen LogP contribution is 2.43. The first kappa shape index (κ1) is 26.1. The summed E-state index contributed by atoms with van der Waals surface area (Å²) in [7, 11) is 3.65. The van der Waals surface area contributed by atoms with Gasteiger partial charge in [-0.05, 0) is 56.1 Å². The van der Waals surface area contributed by atoms with Crippen LogP contribution >= 0.6 is 0 Å². The van der Waals surface area contributed by atoms with Gasteiger partial charge in [-0.2, -0.15) is 23.5 Å². The number of ether oxygens (including phenoxy) is 1. The summed E-state index contributed by atoms with van der Waals surface area (Å²) in [4.78, 5) is 4.61. The van der Waals surface area contributed by atoms with E-state index in [1.807, 2.05) is 24.3 Å². The van der Waals surface area contributed by atoms with Gasteiger partial charge in [-0.1, -0.05) is 6.07 Å². The van der Waals surface area contributed by atoms with Crippen LogP contribution in [-0.2, 0) is 12.7 Å². The molecule has 1 fully saturated rings. The molecule has 0 saturated carbocycles. The van der Waals surface area contributed by atoms with Crippen LogP contribution in [0.4, 0.5) is 23.2 Å². The molecule has 1 aromatic heterocycles. The number of aromatic amines is 1. The molecule has 2 N–H and O–H groups in total. The van der Waals surface area contributed by atoms with Gasteiger partial charge < -0.3 is 19.9 Å². The summed E-state index contributed by atoms with van der Waals surface area (Å²) in [5.74, 6) is -0.348. The number of alkyl halides is 3. The zero-order valence-corrected chi connectivity index (χ0v) is 21.9. The van der Waals surface area contributed by atoms with Crippen LogP contribution in [0.15, 0.2) is 42.5 Å². The number of rotatable bonds is 4. The molecule has 1 unspecified atom stereocenters. The van der Waals surface area contributed by atoms with Gasteiger partial charge in [0.05, 0.1) is 34.4 Å². The second-order valence-corrected chi connectivity index (χ2v) is 10.3. The smallest absolute Gasteiger partial charge is 0.417 e. The van der Waals surface area contributed by atoms with Gasteiger partial charge in [-0.25, -0.2) is 4.39 Å². The van der Waals surface area contributed by atoms with E-state index in [-0.39, 0.29) is 29.3 Å². The molecule has 0 radical (unpaired) electrons. The predicted molar refractivity (Wildman–Crippen MR) is 144 cm³/mol. The third-order valence-electron chi connectivity index (χ3n) is 7.59. The number of nitrogens with zero attached hydrogens (tertiary/aromatic N) is 4. The van der Waals surface area contributed by atoms with Gasteiger partial charge in [-0.15, -0.1) is 0 Å². The van der Waals surface area contributed by atoms with Gasteiger partial charge in [0.2, 0.25) is 0 Å². The lowest BCUT2D eigenvalue weighted by Gasteiger charge is -2.44. The number of aromatic nitrogens is 2. The fraction of sp³-hybridized carbons (Fsp3) is 0.310. The highest BCUT2D eigenvalue weighted by Gasteiger charge is 2.37. The lowest BCUT2D eigenvalue weighted by molar-refractivity contribution is -0.137. The molecule has 0 bridgehead atoms. The summed E-state index contributed by atoms with van der Waals surface area (Å²) in [5, 5.41) is 20.3. The Hall–Kier alpha value is -4.14. The molecule has 1 atom stereocenters. The topological polar surface area (TPSA) is 80.2 Å². The lowest BCUT2D eigenvalue weighted by atomic mass is 9.91. The highest BCUT2D eigenvalue weighted by molar-refractivity contribution is 5.98. The van der Waals surface area contributed by atoms with Gasteiger partial charge >= 0.3 is 6.18 Å². The van der Waals surface area contributed by atoms with Gasteiger partial charge in [0.25, 0.3) is 0 Å². The molecule has 0 spiro atoms. The van der Waals surface area contributed by atoms with Crippen molar-refractivity contribution in [3.63, 3.8) is 0 Å². The number of likely N-dealkylation sites (N-methyl/N-ethyl adjacent to an activating group) is 1. The molecule has 3 heterocycles. The normalized spacial score (nSPS) is 17.3. The predicted octanol–water partition coefficient (Wildman–Crippen LogP) is 5.16. The first-order valence-electron chi connectivity index (χ1n) is 12.9. The molecule has 0 amide bonds. The van der Waals surface area contributed by atoms with Crippen molar-refractivity contribution < 1.29 is 22.3 Å². The minimum absolute atomic E-state index is 0.0611. The van der Waals surface area contributed by atoms with Crippen LogP contribution in [0.2, 0.25) is 0 Å². The second kappa shape index (κ2) is 9.80. The summed E-state index contributed by atoms with van der Waals surface area (Å²) in [6, 6.07) is 12.7. The Morgan fingerprint density at radius 2 is 2.00 bits per heavy atom. The second-order valence-electron chi connectivity index (χ2n) is 10.3. The number of halogens is 4. The van der Waals surface area contributed by atoms with Crippen molar-refractivity contribution in [3.8, 4) is 34.2 Å². The molecule has 3 aromatic carbocycles. The summed E-state index contributed by atoms with van der Waals surface area (Å²) in [6.07, 6.45) is -4.84. The monoisotopic (exact) mass is 550 g/mol. The number of hydrogen-bond acceptors (Lipinski definition) is 6. The third kappa shape index (κ3) is 4.43. The SMILES string of the molecule is CNCc1cc(F)c(-c2cc3c(-c4ccc5c(c4)OCC4CN(C)CCN54)n[nH]c3cc2C#N)c(C(F)(F)F)c1. The number of nitrogens with one attached hydrogen (secondary N) is 2. The molecular weight excluding hydrogens is 524 g/mol. The largest absolute Gasteiger partial charge is 0.489 e. The summed E-state index contributed by atoms with van der Waals surface area (Å²) < 4.78 is 63.9. The Morgan fingerprint density at radius 3 is 2.75 bits per heavy atom. The number of piperazine rings is 1. The zero-order valence-electron chi connectivity index (χ0n) is 21.9. The van der Waals surface area contributed by atoms with Crippen LogP contribution in [0.5, 0.6) is 5.75 Å². The number of benzene rings is 3. The standard InChI is InChI=1S/C29H26F4N6O/c1-35-13-16-7-22(29(31,32)33)27(23(30)8-16)20-11-21-24(9-18(20)12-34)36-37-28(21)17-3-4-25-26(10-17)40-15-19-14-38(2)5-6-39(19)25/h3-4,7-11,19,35H,5-6,13-15H2,1-2H3,(H,36,37). The molecule has 2 aliphatic rings. The minimum Gasteiger partial charge on any atom is -0.489 e. The summed E-state index contributed by atoms with van der Waals surface area (Å²) >= 11 is 0. The number of nitriles is 1. The average molecular weight is 551 g/mol. The molecule has 6 rings (SSSR count). The van der Waals surface area contributed by atoms with Crippen LogP contribution in [0.1, 0.15) is 16.7 Å². The van der Waals surface area contributed by atoms with Crippen LogP contribution < -0.4 is 15.0 Å². The van der Waals surface area contributed by atoms with Gasteiger partial charge in [0, 0.05) is 48.3 Å². The summed E-state index contributed by atoms with van der Waals surface area (Å²) in [5.41, 5.74) is 0.707. The number of anilines is 1. The molecule has 0 aliphatic carbocycles. The van der Waals surface area contributed by atoms with Crippen molar-refractivity contribution in [1.29, 1.82) is 5.26 Å². The summed E-state index contributed by atoms with van der Waals surface area (Å²) in [6.45, 7) is 3.33. The van der Waals surface area contributed by atoms with Crippen molar-refractivity contribution in [2.75, 3.05) is 45.2 Å². The maximum atomic E-state index is 15.4. The van der Waals surface area contributed by atoms with E-state index in [9.17, 15) is 18.4 Å². The molecule has 11 heteroatoms. The Morgan fingerprint density at radius 1 is 1.18 bits per heavy atom. The number of hydrogen-bond donors (Lipinski definition) is 2. The van der Waals surface area contributed by atoms with Crippen molar-refractivity contribution in [2.24, 2.45) is 0 Å². The van der Waals surface area contributed by atoms with Crippen molar-refractivity contribution in [1.82, 2.24) is 20.4 Å². The minimum atomic E-state index is -4.84. The van der Waals surface area contributed by atoms with Crippen LogP contribution in [0.25, 0.3) is 33.3 Å². The van der Waals surface area contributed by atoms with E-state index >= 15 is 4.39 Å². The highest BCUT2D eigenvalue weighted by atomic mass is 19.4. The van der Waals surface area contributed by atoms with Gasteiger partial charge in [0.15, 0.2) is 0 Å². The van der Waals surface area contributed by atoms with Crippen LogP contribution in [-0.4, -0.2) is 61.5 Å². The first-order valence-corrected chi connectivity index (χ1v) is 12.9. The Kier molecular flexibility index (Phi) is 6.40. The zero-order chi connectivity index (χ0) is 28.2. The molecule has 2 aliphatic heterocycles. The Balaban J connectivity index is 1.48. The van der Waals surface area contributed by atoms with E-state index < -0.39 is 23.1 Å². The molecular formula is C29H26F4N6O. The van der Waals surface area contributed by atoms with Gasteiger partial charge in [0.1, 0.15) is 23.9 Å². The van der Waals surface area contributed by atoms with E-state index in [2.05, 4.69) is 32.4 Å². The van der Waals surface area contributed by atoms with Crippen LogP contribution in [0.3, 0.4) is 0 Å². The maximum absolute atomic E-state index is 15.4.